The first-order valence-corrected chi connectivity index (χ1v) is 9.86. The van der Waals surface area contributed by atoms with E-state index < -0.39 is 11.3 Å². The summed E-state index contributed by atoms with van der Waals surface area (Å²) in [6.07, 6.45) is 4.43. The minimum absolute atomic E-state index is 0.0334. The van der Waals surface area contributed by atoms with Crippen molar-refractivity contribution in [1.29, 1.82) is 5.26 Å². The van der Waals surface area contributed by atoms with Crippen molar-refractivity contribution < 1.29 is 14.3 Å². The van der Waals surface area contributed by atoms with E-state index in [0.29, 0.717) is 11.1 Å². The minimum atomic E-state index is -0.535. The SMILES string of the molecule is Cc1c(C(=O)c2oc3ccccc3c2C)c(O)n(C2CCCCC2)c(=O)c1C#N. The second-order valence-electron chi connectivity index (χ2n) is 7.66. The van der Waals surface area contributed by atoms with E-state index in [-0.39, 0.29) is 34.4 Å². The third-order valence-electron chi connectivity index (χ3n) is 5.96. The molecule has 6 nitrogen and oxygen atoms in total. The zero-order valence-corrected chi connectivity index (χ0v) is 16.5. The van der Waals surface area contributed by atoms with Crippen LogP contribution in [0.2, 0.25) is 0 Å². The summed E-state index contributed by atoms with van der Waals surface area (Å²) in [7, 11) is 0. The van der Waals surface area contributed by atoms with E-state index in [1.54, 1.807) is 13.0 Å². The maximum absolute atomic E-state index is 13.4. The Bertz CT molecular complexity index is 1220. The van der Waals surface area contributed by atoms with Gasteiger partial charge in [0.05, 0.1) is 5.56 Å². The van der Waals surface area contributed by atoms with Gasteiger partial charge in [-0.15, -0.1) is 0 Å². The highest BCUT2D eigenvalue weighted by Crippen LogP contribution is 2.35. The number of nitrogens with zero attached hydrogens (tertiary/aromatic N) is 2. The summed E-state index contributed by atoms with van der Waals surface area (Å²) < 4.78 is 7.03. The molecular weight excluding hydrogens is 368 g/mol. The van der Waals surface area contributed by atoms with Crippen molar-refractivity contribution in [3.05, 3.63) is 62.6 Å². The molecule has 1 aromatic carbocycles. The first-order chi connectivity index (χ1) is 14.0. The highest BCUT2D eigenvalue weighted by atomic mass is 16.3. The molecule has 6 heteroatoms. The number of ketones is 1. The molecule has 0 radical (unpaired) electrons. The fraction of sp³-hybridized carbons (Fsp3) is 0.348. The van der Waals surface area contributed by atoms with Gasteiger partial charge in [-0.1, -0.05) is 37.5 Å². The van der Waals surface area contributed by atoms with Crippen LogP contribution in [-0.2, 0) is 0 Å². The quantitative estimate of drug-likeness (QED) is 0.663. The number of rotatable bonds is 3. The van der Waals surface area contributed by atoms with Gasteiger partial charge in [-0.25, -0.2) is 0 Å². The summed E-state index contributed by atoms with van der Waals surface area (Å²) in [4.78, 5) is 26.3. The number of hydrogen-bond acceptors (Lipinski definition) is 5. The number of aromatic nitrogens is 1. The molecule has 2 heterocycles. The van der Waals surface area contributed by atoms with Gasteiger partial charge < -0.3 is 9.52 Å². The van der Waals surface area contributed by atoms with Gasteiger partial charge in [0.25, 0.3) is 5.56 Å². The molecular formula is C23H22N2O4. The molecule has 0 atom stereocenters. The van der Waals surface area contributed by atoms with Crippen molar-refractivity contribution in [1.82, 2.24) is 4.57 Å². The summed E-state index contributed by atoms with van der Waals surface area (Å²) in [5, 5.41) is 21.4. The fourth-order valence-corrected chi connectivity index (χ4v) is 4.38. The third-order valence-corrected chi connectivity index (χ3v) is 5.96. The van der Waals surface area contributed by atoms with E-state index in [0.717, 1.165) is 37.5 Å². The van der Waals surface area contributed by atoms with Crippen LogP contribution in [-0.4, -0.2) is 15.5 Å². The van der Waals surface area contributed by atoms with Crippen molar-refractivity contribution in [2.75, 3.05) is 0 Å². The zero-order chi connectivity index (χ0) is 20.7. The van der Waals surface area contributed by atoms with Gasteiger partial charge in [0.15, 0.2) is 5.76 Å². The monoisotopic (exact) mass is 390 g/mol. The minimum Gasteiger partial charge on any atom is -0.494 e. The molecule has 1 aliphatic carbocycles. The number of pyridine rings is 1. The Kier molecular flexibility index (Phi) is 4.75. The number of para-hydroxylation sites is 1. The third kappa shape index (κ3) is 2.94. The molecule has 0 saturated heterocycles. The molecule has 0 amide bonds. The van der Waals surface area contributed by atoms with Crippen LogP contribution in [0.15, 0.2) is 33.5 Å². The van der Waals surface area contributed by atoms with Crippen LogP contribution in [0.25, 0.3) is 11.0 Å². The van der Waals surface area contributed by atoms with Gasteiger partial charge in [-0.2, -0.15) is 5.26 Å². The van der Waals surface area contributed by atoms with Gasteiger partial charge in [0.1, 0.15) is 17.2 Å². The first kappa shape index (κ1) is 19.0. The predicted octanol–water partition coefficient (Wildman–Crippen LogP) is 4.52. The molecule has 1 N–H and O–H groups in total. The lowest BCUT2D eigenvalue weighted by Gasteiger charge is -2.26. The van der Waals surface area contributed by atoms with E-state index in [2.05, 4.69) is 0 Å². The molecule has 0 bridgehead atoms. The summed E-state index contributed by atoms with van der Waals surface area (Å²) >= 11 is 0. The maximum Gasteiger partial charge on any atom is 0.271 e. The number of carbonyl (C=O) groups is 1. The second-order valence-corrected chi connectivity index (χ2v) is 7.66. The fourth-order valence-electron chi connectivity index (χ4n) is 4.38. The Morgan fingerprint density at radius 2 is 1.86 bits per heavy atom. The van der Waals surface area contributed by atoms with Crippen LogP contribution >= 0.6 is 0 Å². The van der Waals surface area contributed by atoms with E-state index in [1.807, 2.05) is 24.3 Å². The highest BCUT2D eigenvalue weighted by molar-refractivity contribution is 6.12. The molecule has 4 rings (SSSR count). The maximum atomic E-state index is 13.4. The van der Waals surface area contributed by atoms with Gasteiger partial charge in [-0.3, -0.25) is 14.2 Å². The molecule has 29 heavy (non-hydrogen) atoms. The smallest absolute Gasteiger partial charge is 0.271 e. The molecule has 1 aliphatic rings. The molecule has 0 aliphatic heterocycles. The lowest BCUT2D eigenvalue weighted by atomic mass is 9.93. The average Bonchev–Trinajstić information content (AvgIpc) is 3.06. The van der Waals surface area contributed by atoms with Crippen LogP contribution < -0.4 is 5.56 Å². The normalized spacial score (nSPS) is 14.8. The first-order valence-electron chi connectivity index (χ1n) is 9.86. The van der Waals surface area contributed by atoms with E-state index in [4.69, 9.17) is 4.42 Å². The predicted molar refractivity (Wildman–Crippen MR) is 108 cm³/mol. The number of benzene rings is 1. The molecule has 1 saturated carbocycles. The standard InChI is InChI=1S/C23H22N2O4/c1-13-17(12-24)22(27)25(15-8-4-3-5-9-15)23(28)19(13)20(26)21-14(2)16-10-6-7-11-18(16)29-21/h6-7,10-11,15,28H,3-5,8-9H2,1-2H3. The Hall–Kier alpha value is -3.33. The van der Waals surface area contributed by atoms with Crippen LogP contribution in [0.5, 0.6) is 5.88 Å². The van der Waals surface area contributed by atoms with E-state index in [9.17, 15) is 20.0 Å². The molecule has 2 aromatic heterocycles. The number of nitriles is 1. The van der Waals surface area contributed by atoms with Crippen LogP contribution in [0.3, 0.4) is 0 Å². The van der Waals surface area contributed by atoms with Crippen LogP contribution in [0.1, 0.15) is 71.0 Å². The number of aryl methyl sites for hydroxylation is 1. The van der Waals surface area contributed by atoms with Crippen molar-refractivity contribution in [3.63, 3.8) is 0 Å². The van der Waals surface area contributed by atoms with Gasteiger partial charge in [-0.05, 0) is 38.3 Å². The molecule has 148 valence electrons. The highest BCUT2D eigenvalue weighted by Gasteiger charge is 2.31. The van der Waals surface area contributed by atoms with Gasteiger partial charge >= 0.3 is 0 Å². The summed E-state index contributed by atoms with van der Waals surface area (Å²) in [6.45, 7) is 3.31. The average molecular weight is 390 g/mol. The van der Waals surface area contributed by atoms with Crippen LogP contribution in [0, 0.1) is 25.2 Å². The van der Waals surface area contributed by atoms with E-state index >= 15 is 0 Å². The van der Waals surface area contributed by atoms with Crippen molar-refractivity contribution >= 4 is 16.8 Å². The lowest BCUT2D eigenvalue weighted by Crippen LogP contribution is -2.31. The van der Waals surface area contributed by atoms with Gasteiger partial charge in [0.2, 0.25) is 11.7 Å². The topological polar surface area (TPSA) is 96.2 Å². The summed E-state index contributed by atoms with van der Waals surface area (Å²) in [5.74, 6) is -0.777. The Balaban J connectivity index is 1.95. The Morgan fingerprint density at radius 1 is 1.17 bits per heavy atom. The van der Waals surface area contributed by atoms with Gasteiger partial charge in [0, 0.05) is 17.0 Å². The number of furan rings is 1. The number of aromatic hydroxyl groups is 1. The molecule has 0 spiro atoms. The van der Waals surface area contributed by atoms with Crippen molar-refractivity contribution in [3.8, 4) is 11.9 Å². The van der Waals surface area contributed by atoms with E-state index in [1.165, 1.54) is 11.5 Å². The van der Waals surface area contributed by atoms with Crippen LogP contribution in [0.4, 0.5) is 0 Å². The molecule has 0 unspecified atom stereocenters. The second kappa shape index (κ2) is 7.25. The Morgan fingerprint density at radius 3 is 2.52 bits per heavy atom. The summed E-state index contributed by atoms with van der Waals surface area (Å²) in [5.41, 5.74) is 0.753. The summed E-state index contributed by atoms with van der Waals surface area (Å²) in [6, 6.07) is 9.03. The largest absolute Gasteiger partial charge is 0.494 e. The molecule has 1 fully saturated rings. The van der Waals surface area contributed by atoms with Crippen molar-refractivity contribution in [2.45, 2.75) is 52.0 Å². The Labute approximate surface area is 168 Å². The lowest BCUT2D eigenvalue weighted by molar-refractivity contribution is 0.100. The zero-order valence-electron chi connectivity index (χ0n) is 16.5. The number of carbonyl (C=O) groups excluding carboxylic acids is 1. The number of fused-ring (bicyclic) bond motifs is 1. The number of hydrogen-bond donors (Lipinski definition) is 1. The molecule has 3 aromatic rings. The van der Waals surface area contributed by atoms with Crippen molar-refractivity contribution in [2.24, 2.45) is 0 Å².